The largest absolute Gasteiger partial charge is 0.486 e. The maximum atomic E-state index is 12.9. The first kappa shape index (κ1) is 18.8. The highest BCUT2D eigenvalue weighted by molar-refractivity contribution is 6.30. The Morgan fingerprint density at radius 2 is 2.04 bits per heavy atom. The Morgan fingerprint density at radius 3 is 2.82 bits per heavy atom. The lowest BCUT2D eigenvalue weighted by Crippen LogP contribution is -2.48. The van der Waals surface area contributed by atoms with Crippen LogP contribution in [0.25, 0.3) is 11.0 Å². The van der Waals surface area contributed by atoms with E-state index in [0.29, 0.717) is 36.4 Å². The summed E-state index contributed by atoms with van der Waals surface area (Å²) in [4.78, 5) is 19.5. The second kappa shape index (κ2) is 8.20. The Kier molecular flexibility index (Phi) is 5.50. The van der Waals surface area contributed by atoms with Crippen LogP contribution in [0.5, 0.6) is 5.75 Å². The third-order valence-electron chi connectivity index (χ3n) is 4.90. The Balaban J connectivity index is 1.57. The first-order valence-electron chi connectivity index (χ1n) is 9.31. The molecule has 7 heteroatoms. The quantitative estimate of drug-likeness (QED) is 0.658. The van der Waals surface area contributed by atoms with Crippen molar-refractivity contribution < 1.29 is 14.3 Å². The lowest BCUT2D eigenvalue weighted by atomic mass is 10.2. The molecule has 2 aromatic carbocycles. The van der Waals surface area contributed by atoms with E-state index in [2.05, 4.69) is 4.98 Å². The first-order valence-corrected chi connectivity index (χ1v) is 9.69. The minimum atomic E-state index is 0.0618. The van der Waals surface area contributed by atoms with Crippen LogP contribution in [0.4, 0.5) is 0 Å². The number of amides is 1. The predicted octanol–water partition coefficient (Wildman–Crippen LogP) is 3.52. The minimum absolute atomic E-state index is 0.0618. The minimum Gasteiger partial charge on any atom is -0.486 e. The maximum Gasteiger partial charge on any atom is 0.242 e. The van der Waals surface area contributed by atoms with E-state index in [-0.39, 0.29) is 25.1 Å². The van der Waals surface area contributed by atoms with Gasteiger partial charge in [0, 0.05) is 11.6 Å². The number of para-hydroxylation sites is 2. The van der Waals surface area contributed by atoms with Crippen LogP contribution in [-0.4, -0.2) is 46.2 Å². The van der Waals surface area contributed by atoms with Crippen molar-refractivity contribution in [3.8, 4) is 5.75 Å². The molecule has 1 aromatic heterocycles. The molecule has 1 saturated heterocycles. The van der Waals surface area contributed by atoms with E-state index >= 15 is 0 Å². The number of rotatable bonds is 5. The van der Waals surface area contributed by atoms with Gasteiger partial charge in [-0.3, -0.25) is 4.79 Å². The number of halogens is 1. The normalized spacial score (nSPS) is 17.1. The number of carbonyl (C=O) groups excluding carboxylic acids is 1. The van der Waals surface area contributed by atoms with Gasteiger partial charge in [0.05, 0.1) is 30.3 Å². The summed E-state index contributed by atoms with van der Waals surface area (Å²) in [5.41, 5.74) is 1.77. The number of carbonyl (C=O) groups is 1. The third kappa shape index (κ3) is 3.98. The molecule has 0 aliphatic carbocycles. The molecule has 4 rings (SSSR count). The van der Waals surface area contributed by atoms with E-state index in [1.165, 1.54) is 0 Å². The number of imidazole rings is 1. The number of aromatic nitrogens is 2. The molecule has 0 saturated carbocycles. The van der Waals surface area contributed by atoms with Gasteiger partial charge in [0.2, 0.25) is 5.91 Å². The van der Waals surface area contributed by atoms with Crippen LogP contribution in [0, 0.1) is 0 Å². The Hall–Kier alpha value is -2.57. The highest BCUT2D eigenvalue weighted by atomic mass is 35.5. The second-order valence-electron chi connectivity index (χ2n) is 6.86. The molecule has 6 nitrogen and oxygen atoms in total. The van der Waals surface area contributed by atoms with Crippen LogP contribution in [0.15, 0.2) is 48.5 Å². The number of ether oxygens (including phenoxy) is 2. The van der Waals surface area contributed by atoms with Gasteiger partial charge in [0.15, 0.2) is 0 Å². The van der Waals surface area contributed by atoms with Crippen molar-refractivity contribution in [3.63, 3.8) is 0 Å². The van der Waals surface area contributed by atoms with Gasteiger partial charge in [0.1, 0.15) is 24.7 Å². The van der Waals surface area contributed by atoms with Crippen LogP contribution < -0.4 is 4.74 Å². The van der Waals surface area contributed by atoms with Gasteiger partial charge in [-0.2, -0.15) is 0 Å². The monoisotopic (exact) mass is 399 g/mol. The molecule has 2 heterocycles. The van der Waals surface area contributed by atoms with Gasteiger partial charge in [-0.15, -0.1) is 0 Å². The molecule has 28 heavy (non-hydrogen) atoms. The number of benzene rings is 2. The summed E-state index contributed by atoms with van der Waals surface area (Å²) in [6.45, 7) is 4.26. The van der Waals surface area contributed by atoms with Crippen LogP contribution >= 0.6 is 11.6 Å². The van der Waals surface area contributed by atoms with Crippen LogP contribution in [0.2, 0.25) is 5.02 Å². The van der Waals surface area contributed by atoms with Crippen LogP contribution in [-0.2, 0) is 22.7 Å². The predicted molar refractivity (Wildman–Crippen MR) is 108 cm³/mol. The van der Waals surface area contributed by atoms with Crippen molar-refractivity contribution in [2.45, 2.75) is 26.1 Å². The van der Waals surface area contributed by atoms with Gasteiger partial charge < -0.3 is 18.9 Å². The number of morpholine rings is 1. The summed E-state index contributed by atoms with van der Waals surface area (Å²) in [6, 6.07) is 15.1. The number of nitrogens with zero attached hydrogens (tertiary/aromatic N) is 3. The first-order chi connectivity index (χ1) is 13.6. The summed E-state index contributed by atoms with van der Waals surface area (Å²) in [5.74, 6) is 1.48. The average Bonchev–Trinajstić information content (AvgIpc) is 3.05. The standard InChI is InChI=1S/C21H22ClN3O3/c1-15-13-27-11-10-24(15)21(26)12-25-19-5-3-2-4-18(19)23-20(25)14-28-17-8-6-16(22)7-9-17/h2-9,15H,10-14H2,1H3. The zero-order valence-corrected chi connectivity index (χ0v) is 16.4. The molecular formula is C21H22ClN3O3. The van der Waals surface area contributed by atoms with E-state index in [1.54, 1.807) is 12.1 Å². The van der Waals surface area contributed by atoms with E-state index < -0.39 is 0 Å². The Bertz CT molecular complexity index is 971. The molecule has 0 spiro atoms. The van der Waals surface area contributed by atoms with Gasteiger partial charge in [-0.25, -0.2) is 4.98 Å². The molecule has 1 fully saturated rings. The lowest BCUT2D eigenvalue weighted by Gasteiger charge is -2.33. The fraction of sp³-hybridized carbons (Fsp3) is 0.333. The summed E-state index contributed by atoms with van der Waals surface area (Å²) < 4.78 is 13.3. The van der Waals surface area contributed by atoms with Gasteiger partial charge >= 0.3 is 0 Å². The van der Waals surface area contributed by atoms with Gasteiger partial charge in [-0.05, 0) is 43.3 Å². The molecule has 0 bridgehead atoms. The third-order valence-corrected chi connectivity index (χ3v) is 5.15. The summed E-state index contributed by atoms with van der Waals surface area (Å²) in [5, 5.41) is 0.657. The van der Waals surface area contributed by atoms with E-state index in [4.69, 9.17) is 21.1 Å². The SMILES string of the molecule is CC1COCCN1C(=O)Cn1c(COc2ccc(Cl)cc2)nc2ccccc21. The fourth-order valence-corrected chi connectivity index (χ4v) is 3.54. The number of fused-ring (bicyclic) bond motifs is 1. The van der Waals surface area contributed by atoms with Crippen molar-refractivity contribution in [1.82, 2.24) is 14.5 Å². The molecular weight excluding hydrogens is 378 g/mol. The molecule has 1 amide bonds. The Labute approximate surface area is 168 Å². The molecule has 1 aliphatic rings. The fourth-order valence-electron chi connectivity index (χ4n) is 3.41. The lowest BCUT2D eigenvalue weighted by molar-refractivity contribution is -0.139. The topological polar surface area (TPSA) is 56.6 Å². The number of hydrogen-bond donors (Lipinski definition) is 0. The van der Waals surface area contributed by atoms with Crippen LogP contribution in [0.3, 0.4) is 0 Å². The zero-order chi connectivity index (χ0) is 19.5. The highest BCUT2D eigenvalue weighted by Gasteiger charge is 2.25. The van der Waals surface area contributed by atoms with Gasteiger partial charge in [-0.1, -0.05) is 23.7 Å². The number of hydrogen-bond acceptors (Lipinski definition) is 4. The maximum absolute atomic E-state index is 12.9. The molecule has 146 valence electrons. The second-order valence-corrected chi connectivity index (χ2v) is 7.29. The average molecular weight is 400 g/mol. The van der Waals surface area contributed by atoms with Crippen LogP contribution in [0.1, 0.15) is 12.7 Å². The molecule has 1 atom stereocenters. The smallest absolute Gasteiger partial charge is 0.242 e. The Morgan fingerprint density at radius 1 is 1.25 bits per heavy atom. The van der Waals surface area contributed by atoms with Crippen molar-refractivity contribution in [2.75, 3.05) is 19.8 Å². The molecule has 1 unspecified atom stereocenters. The molecule has 0 radical (unpaired) electrons. The molecule has 3 aromatic rings. The van der Waals surface area contributed by atoms with Gasteiger partial charge in [0.25, 0.3) is 0 Å². The summed E-state index contributed by atoms with van der Waals surface area (Å²) in [6.07, 6.45) is 0. The summed E-state index contributed by atoms with van der Waals surface area (Å²) in [7, 11) is 0. The van der Waals surface area contributed by atoms with E-state index in [0.717, 1.165) is 11.0 Å². The van der Waals surface area contributed by atoms with Crippen molar-refractivity contribution in [1.29, 1.82) is 0 Å². The van der Waals surface area contributed by atoms with E-state index in [9.17, 15) is 4.79 Å². The molecule has 1 aliphatic heterocycles. The summed E-state index contributed by atoms with van der Waals surface area (Å²) >= 11 is 5.93. The van der Waals surface area contributed by atoms with Crippen molar-refractivity contribution in [2.24, 2.45) is 0 Å². The van der Waals surface area contributed by atoms with Crippen molar-refractivity contribution in [3.05, 3.63) is 59.4 Å². The van der Waals surface area contributed by atoms with E-state index in [1.807, 2.05) is 52.8 Å². The highest BCUT2D eigenvalue weighted by Crippen LogP contribution is 2.20. The van der Waals surface area contributed by atoms with Crippen molar-refractivity contribution >= 4 is 28.5 Å². The molecule has 0 N–H and O–H groups in total. The zero-order valence-electron chi connectivity index (χ0n) is 15.7.